The van der Waals surface area contributed by atoms with E-state index in [2.05, 4.69) is 30.5 Å². The number of nitrogens with zero attached hydrogens (tertiary/aromatic N) is 4. The number of aromatic nitrogens is 5. The van der Waals surface area contributed by atoms with Crippen molar-refractivity contribution in [3.63, 3.8) is 0 Å². The van der Waals surface area contributed by atoms with Crippen LogP contribution in [-0.2, 0) is 0 Å². The number of aromatic amines is 1. The molecule has 0 spiro atoms. The molecular weight excluding hydrogens is 252 g/mol. The van der Waals surface area contributed by atoms with Crippen LogP contribution in [0.25, 0.3) is 0 Å². The Hall–Kier alpha value is -1.83. The van der Waals surface area contributed by atoms with E-state index in [1.807, 2.05) is 13.8 Å². The van der Waals surface area contributed by atoms with Crippen molar-refractivity contribution in [2.45, 2.75) is 24.0 Å². The van der Waals surface area contributed by atoms with Crippen LogP contribution >= 0.6 is 11.8 Å². The first-order chi connectivity index (χ1) is 8.74. The lowest BCUT2D eigenvalue weighted by Gasteiger charge is -2.10. The van der Waals surface area contributed by atoms with Crippen LogP contribution in [0.15, 0.2) is 16.5 Å². The lowest BCUT2D eigenvalue weighted by atomic mass is 10.5. The molecule has 2 aromatic rings. The Balaban J connectivity index is 2.29. The molecule has 96 valence electrons. The van der Waals surface area contributed by atoms with Crippen molar-refractivity contribution in [1.82, 2.24) is 25.1 Å². The molecule has 2 N–H and O–H groups in total. The molecule has 0 aromatic carbocycles. The van der Waals surface area contributed by atoms with E-state index in [9.17, 15) is 0 Å². The first kappa shape index (κ1) is 12.6. The van der Waals surface area contributed by atoms with E-state index >= 15 is 0 Å². The summed E-state index contributed by atoms with van der Waals surface area (Å²) >= 11 is 1.33. The van der Waals surface area contributed by atoms with Gasteiger partial charge in [0.25, 0.3) is 0 Å². The molecular formula is C10H14N6OS. The second kappa shape index (κ2) is 5.67. The second-order valence-corrected chi connectivity index (χ2v) is 4.35. The molecule has 0 amide bonds. The summed E-state index contributed by atoms with van der Waals surface area (Å²) in [5.74, 6) is 2.04. The topological polar surface area (TPSA) is 88.6 Å². The molecule has 0 unspecified atom stereocenters. The lowest BCUT2D eigenvalue weighted by Crippen LogP contribution is -2.03. The van der Waals surface area contributed by atoms with Crippen LogP contribution in [0.2, 0.25) is 0 Å². The van der Waals surface area contributed by atoms with Gasteiger partial charge < -0.3 is 10.1 Å². The van der Waals surface area contributed by atoms with Crippen LogP contribution < -0.4 is 10.1 Å². The number of anilines is 1. The zero-order valence-corrected chi connectivity index (χ0v) is 11.2. The Kier molecular flexibility index (Phi) is 3.98. The van der Waals surface area contributed by atoms with Gasteiger partial charge in [-0.25, -0.2) is 15.0 Å². The van der Waals surface area contributed by atoms with Gasteiger partial charge in [0.05, 0.1) is 7.11 Å². The van der Waals surface area contributed by atoms with Gasteiger partial charge in [-0.3, -0.25) is 5.10 Å². The molecule has 0 atom stereocenters. The summed E-state index contributed by atoms with van der Waals surface area (Å²) in [4.78, 5) is 12.5. The number of methoxy groups -OCH3 is 1. The summed E-state index contributed by atoms with van der Waals surface area (Å²) in [6.45, 7) is 4.60. The maximum absolute atomic E-state index is 5.33. The maximum Gasteiger partial charge on any atom is 0.214 e. The van der Waals surface area contributed by atoms with Gasteiger partial charge in [-0.2, -0.15) is 0 Å². The Morgan fingerprint density at radius 2 is 2.28 bits per heavy atom. The second-order valence-electron chi connectivity index (χ2n) is 3.40. The van der Waals surface area contributed by atoms with Crippen LogP contribution in [0.1, 0.15) is 12.7 Å². The highest BCUT2D eigenvalue weighted by Gasteiger charge is 2.14. The third-order valence-electron chi connectivity index (χ3n) is 2.08. The van der Waals surface area contributed by atoms with Gasteiger partial charge in [0, 0.05) is 6.54 Å². The van der Waals surface area contributed by atoms with E-state index in [0.29, 0.717) is 21.7 Å². The Labute approximate surface area is 109 Å². The van der Waals surface area contributed by atoms with E-state index in [1.54, 1.807) is 7.11 Å². The predicted molar refractivity (Wildman–Crippen MR) is 68.0 cm³/mol. The van der Waals surface area contributed by atoms with Gasteiger partial charge in [-0.1, -0.05) is 0 Å². The molecule has 0 aliphatic rings. The molecule has 0 saturated heterocycles. The summed E-state index contributed by atoms with van der Waals surface area (Å²) in [6, 6.07) is 0. The predicted octanol–water partition coefficient (Wildman–Crippen LogP) is 1.49. The number of hydrogen-bond donors (Lipinski definition) is 2. The van der Waals surface area contributed by atoms with Crippen molar-refractivity contribution >= 4 is 17.6 Å². The molecule has 2 aromatic heterocycles. The molecule has 0 radical (unpaired) electrons. The fraction of sp³-hybridized carbons (Fsp3) is 0.400. The summed E-state index contributed by atoms with van der Waals surface area (Å²) in [7, 11) is 1.59. The minimum Gasteiger partial charge on any atom is -0.490 e. The Morgan fingerprint density at radius 3 is 2.89 bits per heavy atom. The van der Waals surface area contributed by atoms with Crippen molar-refractivity contribution in [2.24, 2.45) is 0 Å². The molecule has 8 heteroatoms. The summed E-state index contributed by atoms with van der Waals surface area (Å²) in [5, 5.41) is 11.2. The molecule has 7 nitrogen and oxygen atoms in total. The number of hydrogen-bond acceptors (Lipinski definition) is 7. The molecule has 0 saturated carbocycles. The van der Waals surface area contributed by atoms with Crippen LogP contribution in [0.3, 0.4) is 0 Å². The SMILES string of the molecule is CCNc1ncnc(Sc2n[nH]c(C)n2)c1OC. The van der Waals surface area contributed by atoms with Crippen LogP contribution in [0.5, 0.6) is 5.75 Å². The van der Waals surface area contributed by atoms with E-state index in [1.165, 1.54) is 18.1 Å². The fourth-order valence-corrected chi connectivity index (χ4v) is 2.18. The van der Waals surface area contributed by atoms with Gasteiger partial charge in [0.15, 0.2) is 16.6 Å². The van der Waals surface area contributed by atoms with E-state index in [0.717, 1.165) is 12.4 Å². The van der Waals surface area contributed by atoms with Crippen molar-refractivity contribution in [3.8, 4) is 5.75 Å². The number of rotatable bonds is 5. The molecule has 0 aliphatic carbocycles. The Bertz CT molecular complexity index is 529. The van der Waals surface area contributed by atoms with E-state index < -0.39 is 0 Å². The van der Waals surface area contributed by atoms with Gasteiger partial charge in [-0.15, -0.1) is 5.10 Å². The largest absolute Gasteiger partial charge is 0.490 e. The lowest BCUT2D eigenvalue weighted by molar-refractivity contribution is 0.400. The van der Waals surface area contributed by atoms with Crippen molar-refractivity contribution in [3.05, 3.63) is 12.2 Å². The minimum absolute atomic E-state index is 0.604. The normalized spacial score (nSPS) is 10.4. The average Bonchev–Trinajstić information content (AvgIpc) is 2.76. The number of aryl methyl sites for hydroxylation is 1. The average molecular weight is 266 g/mol. The van der Waals surface area contributed by atoms with Crippen molar-refractivity contribution in [2.75, 3.05) is 19.0 Å². The van der Waals surface area contributed by atoms with Crippen LogP contribution in [0.4, 0.5) is 5.82 Å². The monoisotopic (exact) mass is 266 g/mol. The summed E-state index contributed by atoms with van der Waals surface area (Å²) in [6.07, 6.45) is 1.49. The summed E-state index contributed by atoms with van der Waals surface area (Å²) in [5.41, 5.74) is 0. The van der Waals surface area contributed by atoms with Crippen molar-refractivity contribution in [1.29, 1.82) is 0 Å². The van der Waals surface area contributed by atoms with Crippen molar-refractivity contribution < 1.29 is 4.74 Å². The quantitative estimate of drug-likeness (QED) is 0.792. The van der Waals surface area contributed by atoms with E-state index in [4.69, 9.17) is 4.74 Å². The highest BCUT2D eigenvalue weighted by molar-refractivity contribution is 7.99. The molecule has 2 heterocycles. The maximum atomic E-state index is 5.33. The number of nitrogens with one attached hydrogen (secondary N) is 2. The van der Waals surface area contributed by atoms with Gasteiger partial charge >= 0.3 is 0 Å². The molecule has 2 rings (SSSR count). The highest BCUT2D eigenvalue weighted by Crippen LogP contribution is 2.34. The Morgan fingerprint density at radius 1 is 1.44 bits per heavy atom. The molecule has 0 bridgehead atoms. The first-order valence-corrected chi connectivity index (χ1v) is 6.26. The zero-order valence-electron chi connectivity index (χ0n) is 10.4. The number of ether oxygens (including phenoxy) is 1. The zero-order chi connectivity index (χ0) is 13.0. The molecule has 0 aliphatic heterocycles. The van der Waals surface area contributed by atoms with Gasteiger partial charge in [-0.05, 0) is 25.6 Å². The molecule has 0 fully saturated rings. The fourth-order valence-electron chi connectivity index (χ4n) is 1.36. The van der Waals surface area contributed by atoms with Crippen LogP contribution in [-0.4, -0.2) is 38.8 Å². The smallest absolute Gasteiger partial charge is 0.214 e. The van der Waals surface area contributed by atoms with Gasteiger partial charge in [0.1, 0.15) is 12.2 Å². The van der Waals surface area contributed by atoms with Gasteiger partial charge in [0.2, 0.25) is 5.16 Å². The molecule has 18 heavy (non-hydrogen) atoms. The first-order valence-electron chi connectivity index (χ1n) is 5.44. The highest BCUT2D eigenvalue weighted by atomic mass is 32.2. The van der Waals surface area contributed by atoms with E-state index in [-0.39, 0.29) is 0 Å². The summed E-state index contributed by atoms with van der Waals surface area (Å²) < 4.78 is 5.33. The third-order valence-corrected chi connectivity index (χ3v) is 2.93. The minimum atomic E-state index is 0.604. The van der Waals surface area contributed by atoms with Crippen LogP contribution in [0, 0.1) is 6.92 Å². The third kappa shape index (κ3) is 2.70. The number of H-pyrrole nitrogens is 1. The standard InChI is InChI=1S/C10H14N6OS/c1-4-11-8-7(17-3)9(13-5-12-8)18-10-14-6(2)15-16-10/h5H,4H2,1-3H3,(H,11,12,13)(H,14,15,16).